The van der Waals surface area contributed by atoms with Crippen LogP contribution in [0.15, 0.2) is 24.3 Å². The number of rotatable bonds is 9. The fourth-order valence-electron chi connectivity index (χ4n) is 2.32. The molecule has 3 heteroatoms. The Hall–Kier alpha value is -1.22. The van der Waals surface area contributed by atoms with Crippen molar-refractivity contribution in [2.75, 3.05) is 20.3 Å². The maximum absolute atomic E-state index is 5.89. The molecule has 0 aliphatic heterocycles. The normalized spacial score (nSPS) is 17.6. The molecule has 1 aromatic carbocycles. The Morgan fingerprint density at radius 1 is 1.19 bits per heavy atom. The minimum Gasteiger partial charge on any atom is -0.497 e. The van der Waals surface area contributed by atoms with Crippen LogP contribution < -0.4 is 14.8 Å². The summed E-state index contributed by atoms with van der Waals surface area (Å²) >= 11 is 0. The molecule has 0 heterocycles. The van der Waals surface area contributed by atoms with E-state index in [1.807, 2.05) is 24.3 Å². The van der Waals surface area contributed by atoms with Crippen molar-refractivity contribution in [1.82, 2.24) is 5.32 Å². The van der Waals surface area contributed by atoms with Crippen molar-refractivity contribution in [3.05, 3.63) is 24.3 Å². The maximum atomic E-state index is 5.89. The van der Waals surface area contributed by atoms with Crippen LogP contribution in [0.1, 0.15) is 40.0 Å². The van der Waals surface area contributed by atoms with Gasteiger partial charge in [-0.1, -0.05) is 20.8 Å². The van der Waals surface area contributed by atoms with Crippen LogP contribution in [0.2, 0.25) is 0 Å². The predicted octanol–water partition coefficient (Wildman–Crippen LogP) is 3.88. The van der Waals surface area contributed by atoms with Crippen LogP contribution in [-0.2, 0) is 0 Å². The first-order valence-electron chi connectivity index (χ1n) is 8.04. The average Bonchev–Trinajstić information content (AvgIpc) is 3.30. The van der Waals surface area contributed by atoms with Gasteiger partial charge in [0.2, 0.25) is 0 Å². The second kappa shape index (κ2) is 7.17. The molecule has 1 aromatic rings. The molecule has 118 valence electrons. The Balaban J connectivity index is 1.79. The average molecular weight is 291 g/mol. The summed E-state index contributed by atoms with van der Waals surface area (Å²) in [7, 11) is 1.68. The molecule has 1 aliphatic rings. The third-order valence-corrected chi connectivity index (χ3v) is 4.77. The van der Waals surface area contributed by atoms with Gasteiger partial charge in [-0.05, 0) is 54.9 Å². The van der Waals surface area contributed by atoms with E-state index >= 15 is 0 Å². The molecule has 1 saturated carbocycles. The van der Waals surface area contributed by atoms with Crippen molar-refractivity contribution in [3.8, 4) is 11.5 Å². The van der Waals surface area contributed by atoms with Gasteiger partial charge in [-0.3, -0.25) is 0 Å². The molecule has 0 spiro atoms. The van der Waals surface area contributed by atoms with Crippen LogP contribution in [0.3, 0.4) is 0 Å². The molecule has 21 heavy (non-hydrogen) atoms. The number of nitrogens with one attached hydrogen (secondary N) is 1. The lowest BCUT2D eigenvalue weighted by atomic mass is 9.76. The number of hydrogen-bond acceptors (Lipinski definition) is 3. The smallest absolute Gasteiger partial charge is 0.119 e. The molecule has 0 radical (unpaired) electrons. The van der Waals surface area contributed by atoms with E-state index in [1.54, 1.807) is 7.11 Å². The third kappa shape index (κ3) is 4.92. The topological polar surface area (TPSA) is 30.5 Å². The Bertz CT molecular complexity index is 425. The second-order valence-electron chi connectivity index (χ2n) is 6.74. The van der Waals surface area contributed by atoms with E-state index in [-0.39, 0.29) is 5.41 Å². The molecule has 1 unspecified atom stereocenters. The summed E-state index contributed by atoms with van der Waals surface area (Å²) < 4.78 is 11.0. The predicted molar refractivity (Wildman–Crippen MR) is 87.1 cm³/mol. The first-order chi connectivity index (χ1) is 10.0. The minimum atomic E-state index is 0.287. The molecular weight excluding hydrogens is 262 g/mol. The molecule has 1 aliphatic carbocycles. The molecule has 1 N–H and O–H groups in total. The minimum absolute atomic E-state index is 0.287. The van der Waals surface area contributed by atoms with Gasteiger partial charge in [-0.2, -0.15) is 0 Å². The van der Waals surface area contributed by atoms with Crippen LogP contribution in [0, 0.1) is 11.3 Å². The fraction of sp³-hybridized carbons (Fsp3) is 0.667. The van der Waals surface area contributed by atoms with Gasteiger partial charge in [-0.15, -0.1) is 0 Å². The molecular formula is C18H29NO2. The standard InChI is InChI=1S/C18H29NO2/c1-14(2)18(3,13-19-15-5-6-15)11-12-21-17-9-7-16(20-4)8-10-17/h7-10,14-15,19H,5-6,11-13H2,1-4H3. The highest BCUT2D eigenvalue weighted by Gasteiger charge is 2.31. The molecule has 0 saturated heterocycles. The van der Waals surface area contributed by atoms with E-state index in [1.165, 1.54) is 12.8 Å². The zero-order chi connectivity index (χ0) is 15.3. The summed E-state index contributed by atoms with van der Waals surface area (Å²) in [6.07, 6.45) is 3.75. The number of methoxy groups -OCH3 is 1. The lowest BCUT2D eigenvalue weighted by Gasteiger charge is -2.34. The number of ether oxygens (including phenoxy) is 2. The highest BCUT2D eigenvalue weighted by atomic mass is 16.5. The van der Waals surface area contributed by atoms with Crippen LogP contribution in [-0.4, -0.2) is 26.3 Å². The van der Waals surface area contributed by atoms with Crippen molar-refractivity contribution < 1.29 is 9.47 Å². The lowest BCUT2D eigenvalue weighted by molar-refractivity contribution is 0.150. The van der Waals surface area contributed by atoms with Crippen molar-refractivity contribution >= 4 is 0 Å². The van der Waals surface area contributed by atoms with Gasteiger partial charge in [-0.25, -0.2) is 0 Å². The van der Waals surface area contributed by atoms with Gasteiger partial charge in [0.25, 0.3) is 0 Å². The first kappa shape index (κ1) is 16.2. The molecule has 0 amide bonds. The van der Waals surface area contributed by atoms with E-state index in [0.29, 0.717) is 5.92 Å². The zero-order valence-electron chi connectivity index (χ0n) is 13.8. The van der Waals surface area contributed by atoms with Crippen LogP contribution in [0.25, 0.3) is 0 Å². The summed E-state index contributed by atoms with van der Waals surface area (Å²) in [6, 6.07) is 8.57. The SMILES string of the molecule is COc1ccc(OCCC(C)(CNC2CC2)C(C)C)cc1. The van der Waals surface area contributed by atoms with Crippen LogP contribution >= 0.6 is 0 Å². The highest BCUT2D eigenvalue weighted by Crippen LogP contribution is 2.32. The second-order valence-corrected chi connectivity index (χ2v) is 6.74. The zero-order valence-corrected chi connectivity index (χ0v) is 13.8. The van der Waals surface area contributed by atoms with Gasteiger partial charge >= 0.3 is 0 Å². The van der Waals surface area contributed by atoms with E-state index < -0.39 is 0 Å². The first-order valence-corrected chi connectivity index (χ1v) is 8.04. The number of benzene rings is 1. The summed E-state index contributed by atoms with van der Waals surface area (Å²) in [6.45, 7) is 8.82. The van der Waals surface area contributed by atoms with E-state index in [4.69, 9.17) is 9.47 Å². The van der Waals surface area contributed by atoms with E-state index in [9.17, 15) is 0 Å². The van der Waals surface area contributed by atoms with Gasteiger partial charge in [0.05, 0.1) is 13.7 Å². The maximum Gasteiger partial charge on any atom is 0.119 e. The van der Waals surface area contributed by atoms with E-state index in [0.717, 1.165) is 37.1 Å². The molecule has 0 bridgehead atoms. The summed E-state index contributed by atoms with van der Waals surface area (Å²) in [5.41, 5.74) is 0.287. The lowest BCUT2D eigenvalue weighted by Crippen LogP contribution is -2.38. The van der Waals surface area contributed by atoms with Gasteiger partial charge < -0.3 is 14.8 Å². The Kier molecular flexibility index (Phi) is 5.51. The monoisotopic (exact) mass is 291 g/mol. The van der Waals surface area contributed by atoms with Crippen LogP contribution in [0.4, 0.5) is 0 Å². The van der Waals surface area contributed by atoms with E-state index in [2.05, 4.69) is 26.1 Å². The molecule has 3 nitrogen and oxygen atoms in total. The molecule has 1 atom stereocenters. The Morgan fingerprint density at radius 3 is 2.33 bits per heavy atom. The third-order valence-electron chi connectivity index (χ3n) is 4.77. The van der Waals surface area contributed by atoms with Crippen molar-refractivity contribution in [2.45, 2.75) is 46.1 Å². The molecule has 0 aromatic heterocycles. The summed E-state index contributed by atoms with van der Waals surface area (Å²) in [4.78, 5) is 0. The number of hydrogen-bond donors (Lipinski definition) is 1. The van der Waals surface area contributed by atoms with Gasteiger partial charge in [0, 0.05) is 12.6 Å². The van der Waals surface area contributed by atoms with Crippen LogP contribution in [0.5, 0.6) is 11.5 Å². The summed E-state index contributed by atoms with van der Waals surface area (Å²) in [5, 5.41) is 3.67. The molecule has 2 rings (SSSR count). The molecule has 1 fully saturated rings. The fourth-order valence-corrected chi connectivity index (χ4v) is 2.32. The largest absolute Gasteiger partial charge is 0.497 e. The van der Waals surface area contributed by atoms with Gasteiger partial charge in [0.15, 0.2) is 0 Å². The highest BCUT2D eigenvalue weighted by molar-refractivity contribution is 5.31. The quantitative estimate of drug-likeness (QED) is 0.749. The van der Waals surface area contributed by atoms with Crippen molar-refractivity contribution in [3.63, 3.8) is 0 Å². The van der Waals surface area contributed by atoms with Gasteiger partial charge in [0.1, 0.15) is 11.5 Å². The Morgan fingerprint density at radius 2 is 1.81 bits per heavy atom. The van der Waals surface area contributed by atoms with Crippen molar-refractivity contribution in [1.29, 1.82) is 0 Å². The van der Waals surface area contributed by atoms with Crippen molar-refractivity contribution in [2.24, 2.45) is 11.3 Å². The summed E-state index contributed by atoms with van der Waals surface area (Å²) in [5.74, 6) is 2.42. The Labute approximate surface area is 129 Å².